The fraction of sp³-hybridized carbons (Fsp3) is 0.556. The highest BCUT2D eigenvalue weighted by atomic mass is 127. The summed E-state index contributed by atoms with van der Waals surface area (Å²) in [6, 6.07) is 0.0955. The van der Waals surface area contributed by atoms with Gasteiger partial charge in [-0.3, -0.25) is 0 Å². The van der Waals surface area contributed by atoms with Crippen molar-refractivity contribution >= 4 is 6.03 Å². The molecule has 1 aromatic rings. The quantitative estimate of drug-likeness (QED) is 0.381. The van der Waals surface area contributed by atoms with E-state index in [4.69, 9.17) is 0 Å². The van der Waals surface area contributed by atoms with Gasteiger partial charge in [-0.15, -0.1) is 0 Å². The lowest BCUT2D eigenvalue weighted by atomic mass is 10.4. The summed E-state index contributed by atoms with van der Waals surface area (Å²) in [5.74, 6) is 0. The molecule has 0 aromatic carbocycles. The van der Waals surface area contributed by atoms with Gasteiger partial charge in [-0.25, -0.2) is 9.36 Å². The monoisotopic (exact) mass is 307 g/mol. The van der Waals surface area contributed by atoms with Crippen molar-refractivity contribution in [1.29, 1.82) is 0 Å². The van der Waals surface area contributed by atoms with Crippen molar-refractivity contribution in [3.63, 3.8) is 0 Å². The van der Waals surface area contributed by atoms with Gasteiger partial charge in [-0.05, 0) is 12.8 Å². The molecule has 0 N–H and O–H groups in total. The number of nitrogens with zero attached hydrogens (tertiary/aromatic N) is 3. The highest BCUT2D eigenvalue weighted by Gasteiger charge is 2.23. The summed E-state index contributed by atoms with van der Waals surface area (Å²) in [6.07, 6.45) is 7.73. The predicted octanol–water partition coefficient (Wildman–Crippen LogP) is -2.62. The molecule has 1 saturated heterocycles. The van der Waals surface area contributed by atoms with Gasteiger partial charge in [0.25, 0.3) is 6.33 Å². The third-order valence-electron chi connectivity index (χ3n) is 2.37. The van der Waals surface area contributed by atoms with Crippen LogP contribution in [-0.2, 0) is 7.05 Å². The van der Waals surface area contributed by atoms with Gasteiger partial charge in [-0.2, -0.15) is 4.57 Å². The van der Waals surface area contributed by atoms with Gasteiger partial charge in [0.15, 0.2) is 0 Å². The molecule has 0 atom stereocenters. The van der Waals surface area contributed by atoms with Crippen LogP contribution < -0.4 is 28.5 Å². The van der Waals surface area contributed by atoms with Gasteiger partial charge in [-0.1, -0.05) is 0 Å². The Morgan fingerprint density at radius 2 is 2.00 bits per heavy atom. The van der Waals surface area contributed by atoms with Gasteiger partial charge >= 0.3 is 6.03 Å². The molecular formula is C9H14IN3O. The maximum atomic E-state index is 11.7. The average Bonchev–Trinajstić information content (AvgIpc) is 2.72. The number of aromatic nitrogens is 2. The first-order chi connectivity index (χ1) is 6.27. The van der Waals surface area contributed by atoms with Crippen LogP contribution in [0, 0.1) is 0 Å². The Hall–Kier alpha value is -0.590. The predicted molar refractivity (Wildman–Crippen MR) is 47.2 cm³/mol. The second-order valence-electron chi connectivity index (χ2n) is 3.46. The Morgan fingerprint density at radius 1 is 1.36 bits per heavy atom. The Morgan fingerprint density at radius 3 is 2.50 bits per heavy atom. The number of imidazole rings is 1. The maximum Gasteiger partial charge on any atom is 0.415 e. The van der Waals surface area contributed by atoms with Gasteiger partial charge in [0.1, 0.15) is 12.4 Å². The van der Waals surface area contributed by atoms with Crippen LogP contribution in [0.4, 0.5) is 4.79 Å². The summed E-state index contributed by atoms with van der Waals surface area (Å²) in [5, 5.41) is 0. The van der Waals surface area contributed by atoms with E-state index < -0.39 is 0 Å². The Kier molecular flexibility index (Phi) is 3.91. The van der Waals surface area contributed by atoms with Crippen LogP contribution >= 0.6 is 0 Å². The zero-order chi connectivity index (χ0) is 9.26. The molecule has 78 valence electrons. The molecule has 2 rings (SSSR count). The van der Waals surface area contributed by atoms with Crippen LogP contribution in [0.25, 0.3) is 0 Å². The van der Waals surface area contributed by atoms with Crippen LogP contribution in [0.2, 0.25) is 0 Å². The number of carbonyl (C=O) groups excluding carboxylic acids is 1. The minimum atomic E-state index is 0. The topological polar surface area (TPSA) is 29.1 Å². The summed E-state index contributed by atoms with van der Waals surface area (Å²) in [5.41, 5.74) is 0. The fourth-order valence-corrected chi connectivity index (χ4v) is 1.64. The minimum absolute atomic E-state index is 0. The molecule has 1 aromatic heterocycles. The Balaban J connectivity index is 0.000000980. The van der Waals surface area contributed by atoms with E-state index >= 15 is 0 Å². The zero-order valence-corrected chi connectivity index (χ0v) is 10.3. The van der Waals surface area contributed by atoms with Crippen LogP contribution in [0.15, 0.2) is 18.7 Å². The normalized spacial score (nSPS) is 15.4. The highest BCUT2D eigenvalue weighted by Crippen LogP contribution is 2.08. The molecule has 0 unspecified atom stereocenters. The third-order valence-corrected chi connectivity index (χ3v) is 2.37. The third kappa shape index (κ3) is 2.26. The number of aryl methyl sites for hydroxylation is 1. The maximum absolute atomic E-state index is 11.7. The summed E-state index contributed by atoms with van der Waals surface area (Å²) < 4.78 is 3.50. The molecule has 1 fully saturated rings. The van der Waals surface area contributed by atoms with Crippen molar-refractivity contribution in [2.24, 2.45) is 7.05 Å². The SMILES string of the molecule is C[n+]1ccn(C(=O)N2CCCC2)c1.[I-]. The number of hydrogen-bond donors (Lipinski definition) is 0. The fourth-order valence-electron chi connectivity index (χ4n) is 1.64. The van der Waals surface area contributed by atoms with E-state index in [-0.39, 0.29) is 30.0 Å². The smallest absolute Gasteiger partial charge is 0.415 e. The van der Waals surface area contributed by atoms with E-state index in [2.05, 4.69) is 0 Å². The zero-order valence-electron chi connectivity index (χ0n) is 8.19. The van der Waals surface area contributed by atoms with E-state index in [0.29, 0.717) is 0 Å². The first-order valence-corrected chi connectivity index (χ1v) is 4.60. The molecule has 0 spiro atoms. The molecule has 4 nitrogen and oxygen atoms in total. The number of rotatable bonds is 0. The van der Waals surface area contributed by atoms with Crippen molar-refractivity contribution in [3.05, 3.63) is 18.7 Å². The van der Waals surface area contributed by atoms with E-state index in [1.54, 1.807) is 17.1 Å². The number of likely N-dealkylation sites (tertiary alicyclic amines) is 1. The molecule has 1 aliphatic heterocycles. The molecule has 1 aliphatic rings. The number of halogens is 1. The molecule has 5 heteroatoms. The van der Waals surface area contributed by atoms with Crippen LogP contribution in [-0.4, -0.2) is 28.6 Å². The van der Waals surface area contributed by atoms with Gasteiger partial charge in [0, 0.05) is 13.1 Å². The number of amides is 1. The Labute approximate surface area is 101 Å². The summed E-state index contributed by atoms with van der Waals surface area (Å²) in [7, 11) is 1.91. The van der Waals surface area contributed by atoms with Crippen molar-refractivity contribution in [3.8, 4) is 0 Å². The van der Waals surface area contributed by atoms with Crippen LogP contribution in [0.5, 0.6) is 0 Å². The van der Waals surface area contributed by atoms with E-state index in [1.807, 2.05) is 22.7 Å². The molecular weight excluding hydrogens is 293 g/mol. The minimum Gasteiger partial charge on any atom is -1.00 e. The van der Waals surface area contributed by atoms with Crippen molar-refractivity contribution in [2.75, 3.05) is 13.1 Å². The van der Waals surface area contributed by atoms with Crippen LogP contribution in [0.3, 0.4) is 0 Å². The second kappa shape index (κ2) is 4.77. The van der Waals surface area contributed by atoms with E-state index in [1.165, 1.54) is 0 Å². The van der Waals surface area contributed by atoms with Gasteiger partial charge in [0.2, 0.25) is 0 Å². The van der Waals surface area contributed by atoms with Gasteiger partial charge < -0.3 is 28.9 Å². The number of hydrogen-bond acceptors (Lipinski definition) is 1. The molecule has 1 amide bonds. The molecule has 2 heterocycles. The molecule has 14 heavy (non-hydrogen) atoms. The molecule has 0 bridgehead atoms. The lowest BCUT2D eigenvalue weighted by Crippen LogP contribution is -3.00. The molecule has 0 saturated carbocycles. The highest BCUT2D eigenvalue weighted by molar-refractivity contribution is 5.76. The largest absolute Gasteiger partial charge is 1.00 e. The first-order valence-electron chi connectivity index (χ1n) is 4.60. The summed E-state index contributed by atoms with van der Waals surface area (Å²) >= 11 is 0. The molecule has 0 aliphatic carbocycles. The van der Waals surface area contributed by atoms with Crippen LogP contribution in [0.1, 0.15) is 12.8 Å². The van der Waals surface area contributed by atoms with Gasteiger partial charge in [0.05, 0.1) is 7.05 Å². The lowest BCUT2D eigenvalue weighted by molar-refractivity contribution is -0.670. The van der Waals surface area contributed by atoms with Crippen molar-refractivity contribution in [2.45, 2.75) is 12.8 Å². The molecule has 0 radical (unpaired) electrons. The standard InChI is InChI=1S/C9H14N3O.HI/c1-10-6-7-12(8-10)9(13)11-4-2-3-5-11;/h6-8H,2-5H2,1H3;1H/q+1;/p-1. The average molecular weight is 307 g/mol. The second-order valence-corrected chi connectivity index (χ2v) is 3.46. The lowest BCUT2D eigenvalue weighted by Gasteiger charge is -2.10. The van der Waals surface area contributed by atoms with Crippen molar-refractivity contribution in [1.82, 2.24) is 9.47 Å². The summed E-state index contributed by atoms with van der Waals surface area (Å²) in [6.45, 7) is 1.81. The van der Waals surface area contributed by atoms with E-state index in [9.17, 15) is 4.79 Å². The summed E-state index contributed by atoms with van der Waals surface area (Å²) in [4.78, 5) is 13.6. The van der Waals surface area contributed by atoms with E-state index in [0.717, 1.165) is 25.9 Å². The number of carbonyl (C=O) groups is 1. The first kappa shape index (κ1) is 11.5. The van der Waals surface area contributed by atoms with Crippen molar-refractivity contribution < 1.29 is 33.3 Å². The Bertz CT molecular complexity index is 318.